The van der Waals surface area contributed by atoms with Gasteiger partial charge in [-0.25, -0.2) is 0 Å². The van der Waals surface area contributed by atoms with Gasteiger partial charge in [-0.2, -0.15) is 4.37 Å². The summed E-state index contributed by atoms with van der Waals surface area (Å²) in [7, 11) is 0. The first-order valence-corrected chi connectivity index (χ1v) is 3.32. The van der Waals surface area contributed by atoms with E-state index < -0.39 is 0 Å². The van der Waals surface area contributed by atoms with E-state index >= 15 is 0 Å². The van der Waals surface area contributed by atoms with Crippen LogP contribution in [0.4, 0.5) is 0 Å². The molecule has 2 heterocycles. The maximum Gasteiger partial charge on any atom is 0.269 e. The maximum atomic E-state index is 4.79. The molecule has 9 heavy (non-hydrogen) atoms. The van der Waals surface area contributed by atoms with Crippen molar-refractivity contribution in [2.45, 2.75) is 6.92 Å². The van der Waals surface area contributed by atoms with E-state index in [0.29, 0.717) is 5.71 Å². The summed E-state index contributed by atoms with van der Waals surface area (Å²) < 4.78 is 8.78. The molecule has 2 aromatic rings. The molecule has 0 aliphatic heterocycles. The van der Waals surface area contributed by atoms with Crippen molar-refractivity contribution < 1.29 is 4.52 Å². The van der Waals surface area contributed by atoms with Crippen LogP contribution in [0, 0.1) is 6.92 Å². The number of hydrogen-bond acceptors (Lipinski definition) is 4. The lowest BCUT2D eigenvalue weighted by Gasteiger charge is -1.69. The molecule has 0 aliphatic carbocycles. The first-order chi connectivity index (χ1) is 4.38. The number of aryl methyl sites for hydroxylation is 1. The average Bonchev–Trinajstić information content (AvgIpc) is 2.35. The van der Waals surface area contributed by atoms with E-state index in [1.807, 2.05) is 6.92 Å². The molecular weight excluding hydrogens is 136 g/mol. The molecule has 0 fully saturated rings. The minimum Gasteiger partial charge on any atom is -0.335 e. The van der Waals surface area contributed by atoms with Gasteiger partial charge in [0.1, 0.15) is 0 Å². The number of nitrogens with zero attached hydrogens (tertiary/aromatic N) is 2. The Balaban J connectivity index is 2.99. The number of fused-ring (bicyclic) bond motifs is 1. The van der Waals surface area contributed by atoms with E-state index in [9.17, 15) is 0 Å². The van der Waals surface area contributed by atoms with E-state index in [-0.39, 0.29) is 0 Å². The van der Waals surface area contributed by atoms with Crippen LogP contribution in [-0.2, 0) is 0 Å². The molecule has 0 atom stereocenters. The number of aromatic nitrogens is 2. The zero-order valence-corrected chi connectivity index (χ0v) is 5.60. The van der Waals surface area contributed by atoms with Crippen LogP contribution in [-0.4, -0.2) is 9.53 Å². The summed E-state index contributed by atoms with van der Waals surface area (Å²) in [6, 6.07) is 0. The van der Waals surface area contributed by atoms with E-state index in [1.54, 1.807) is 6.20 Å². The van der Waals surface area contributed by atoms with E-state index in [2.05, 4.69) is 9.53 Å². The third-order valence-corrected chi connectivity index (χ3v) is 1.95. The molecule has 3 nitrogen and oxygen atoms in total. The minimum absolute atomic E-state index is 0.650. The van der Waals surface area contributed by atoms with Crippen LogP contribution in [0.3, 0.4) is 0 Å². The van der Waals surface area contributed by atoms with Gasteiger partial charge in [0.25, 0.3) is 5.71 Å². The van der Waals surface area contributed by atoms with E-state index in [4.69, 9.17) is 4.52 Å². The van der Waals surface area contributed by atoms with Crippen molar-refractivity contribution in [1.29, 1.82) is 0 Å². The van der Waals surface area contributed by atoms with Crippen LogP contribution in [0.5, 0.6) is 0 Å². The second-order valence-electron chi connectivity index (χ2n) is 1.78. The summed E-state index contributed by atoms with van der Waals surface area (Å²) in [5.74, 6) is 0. The van der Waals surface area contributed by atoms with Crippen molar-refractivity contribution in [3.05, 3.63) is 11.1 Å². The van der Waals surface area contributed by atoms with Crippen LogP contribution in [0.15, 0.2) is 10.7 Å². The Morgan fingerprint density at radius 3 is 3.33 bits per heavy atom. The van der Waals surface area contributed by atoms with Crippen LogP contribution >= 0.6 is 11.5 Å². The highest BCUT2D eigenvalue weighted by molar-refractivity contribution is 7.07. The molecule has 0 bridgehead atoms. The first kappa shape index (κ1) is 4.93. The molecule has 0 N–H and O–H groups in total. The Morgan fingerprint density at radius 1 is 1.67 bits per heavy atom. The first-order valence-electron chi connectivity index (χ1n) is 2.54. The largest absolute Gasteiger partial charge is 0.335 e. The lowest BCUT2D eigenvalue weighted by molar-refractivity contribution is 0.450. The highest BCUT2D eigenvalue weighted by Crippen LogP contribution is 2.19. The topological polar surface area (TPSA) is 38.9 Å². The van der Waals surface area contributed by atoms with Gasteiger partial charge >= 0.3 is 0 Å². The molecule has 0 radical (unpaired) electrons. The Labute approximate surface area is 55.4 Å². The summed E-state index contributed by atoms with van der Waals surface area (Å²) in [4.78, 5) is 1.16. The Morgan fingerprint density at radius 2 is 2.56 bits per heavy atom. The summed E-state index contributed by atoms with van der Waals surface area (Å²) in [5, 5.41) is 4.62. The standard InChI is InChI=1S/C5H4N2OS/c1-3-4-2-6-8-5(4)7-9-3/h2H,1H3. The molecule has 2 rings (SSSR count). The second kappa shape index (κ2) is 1.54. The smallest absolute Gasteiger partial charge is 0.269 e. The SMILES string of the molecule is Cc1snc2oncc12. The fourth-order valence-corrected chi connectivity index (χ4v) is 1.29. The predicted octanol–water partition coefficient (Wildman–Crippen LogP) is 1.59. The Bertz CT molecular complexity index is 324. The van der Waals surface area contributed by atoms with Gasteiger partial charge in [-0.1, -0.05) is 5.16 Å². The summed E-state index contributed by atoms with van der Waals surface area (Å²) >= 11 is 1.44. The lowest BCUT2D eigenvalue weighted by atomic mass is 10.4. The van der Waals surface area contributed by atoms with Gasteiger partial charge in [0.2, 0.25) is 0 Å². The molecule has 0 aromatic carbocycles. The fourth-order valence-electron chi connectivity index (χ4n) is 0.700. The minimum atomic E-state index is 0.650. The Hall–Kier alpha value is -0.900. The molecule has 0 unspecified atom stereocenters. The number of rotatable bonds is 0. The molecule has 0 amide bonds. The van der Waals surface area contributed by atoms with Crippen LogP contribution in [0.2, 0.25) is 0 Å². The van der Waals surface area contributed by atoms with Gasteiger partial charge in [-0.3, -0.25) is 0 Å². The fraction of sp³-hybridized carbons (Fsp3) is 0.200. The molecule has 0 spiro atoms. The zero-order chi connectivity index (χ0) is 6.27. The highest BCUT2D eigenvalue weighted by atomic mass is 32.1. The predicted molar refractivity (Wildman–Crippen MR) is 34.4 cm³/mol. The Kier molecular flexibility index (Phi) is 0.843. The van der Waals surface area contributed by atoms with Crippen LogP contribution in [0.1, 0.15) is 4.88 Å². The summed E-state index contributed by atoms with van der Waals surface area (Å²) in [5.41, 5.74) is 0.650. The van der Waals surface area contributed by atoms with Crippen molar-refractivity contribution in [1.82, 2.24) is 9.53 Å². The maximum absolute atomic E-state index is 4.79. The zero-order valence-electron chi connectivity index (χ0n) is 4.79. The molecule has 0 saturated heterocycles. The van der Waals surface area contributed by atoms with Gasteiger partial charge in [0, 0.05) is 4.88 Å². The van der Waals surface area contributed by atoms with Gasteiger partial charge in [-0.15, -0.1) is 0 Å². The van der Waals surface area contributed by atoms with Gasteiger partial charge < -0.3 is 4.52 Å². The summed E-state index contributed by atoms with van der Waals surface area (Å²) in [6.07, 6.45) is 1.69. The van der Waals surface area contributed by atoms with Gasteiger partial charge in [0.05, 0.1) is 11.6 Å². The quantitative estimate of drug-likeness (QED) is 0.557. The number of hydrogen-bond donors (Lipinski definition) is 0. The van der Waals surface area contributed by atoms with E-state index in [1.165, 1.54) is 11.5 Å². The molecule has 46 valence electrons. The monoisotopic (exact) mass is 140 g/mol. The lowest BCUT2D eigenvalue weighted by Crippen LogP contribution is -1.54. The van der Waals surface area contributed by atoms with Crippen molar-refractivity contribution in [2.24, 2.45) is 0 Å². The second-order valence-corrected chi connectivity index (χ2v) is 2.76. The van der Waals surface area contributed by atoms with Crippen LogP contribution < -0.4 is 0 Å². The molecular formula is C5H4N2OS. The third kappa shape index (κ3) is 0.564. The van der Waals surface area contributed by atoms with Crippen LogP contribution in [0.25, 0.3) is 11.1 Å². The molecule has 2 aromatic heterocycles. The van der Waals surface area contributed by atoms with Crippen molar-refractivity contribution in [3.8, 4) is 0 Å². The molecule has 0 saturated carbocycles. The molecule has 0 aliphatic rings. The normalized spacial score (nSPS) is 10.8. The van der Waals surface area contributed by atoms with Gasteiger partial charge in [0.15, 0.2) is 0 Å². The summed E-state index contributed by atoms with van der Waals surface area (Å²) in [6.45, 7) is 2.00. The van der Waals surface area contributed by atoms with Crippen molar-refractivity contribution in [3.63, 3.8) is 0 Å². The van der Waals surface area contributed by atoms with Gasteiger partial charge in [-0.05, 0) is 18.5 Å². The van der Waals surface area contributed by atoms with Crippen molar-refractivity contribution in [2.75, 3.05) is 0 Å². The molecule has 4 heteroatoms. The highest BCUT2D eigenvalue weighted by Gasteiger charge is 2.03. The van der Waals surface area contributed by atoms with Crippen molar-refractivity contribution >= 4 is 22.6 Å². The average molecular weight is 140 g/mol. The van der Waals surface area contributed by atoms with E-state index in [0.717, 1.165) is 10.3 Å². The third-order valence-electron chi connectivity index (χ3n) is 1.20.